The fourth-order valence-corrected chi connectivity index (χ4v) is 5.01. The fourth-order valence-electron chi connectivity index (χ4n) is 3.31. The van der Waals surface area contributed by atoms with E-state index in [4.69, 9.17) is 4.74 Å². The molecule has 4 rings (SSSR count). The largest absolute Gasteiger partial charge is 0.368 e. The predicted molar refractivity (Wildman–Crippen MR) is 102 cm³/mol. The van der Waals surface area contributed by atoms with E-state index in [0.717, 1.165) is 53.5 Å². The Morgan fingerprint density at radius 3 is 3.07 bits per heavy atom. The molecule has 2 aromatic rings. The average molecular weight is 408 g/mol. The third kappa shape index (κ3) is 3.87. The Morgan fingerprint density at radius 2 is 2.30 bits per heavy atom. The second-order valence-electron chi connectivity index (χ2n) is 6.66. The normalized spacial score (nSPS) is 19.1. The summed E-state index contributed by atoms with van der Waals surface area (Å²) in [7, 11) is 0. The van der Waals surface area contributed by atoms with E-state index in [1.165, 1.54) is 11.3 Å². The van der Waals surface area contributed by atoms with Gasteiger partial charge < -0.3 is 9.64 Å². The van der Waals surface area contributed by atoms with Crippen LogP contribution in [0.3, 0.4) is 0 Å². The zero-order chi connectivity index (χ0) is 18.8. The van der Waals surface area contributed by atoms with Crippen molar-refractivity contribution >= 4 is 39.8 Å². The van der Waals surface area contributed by atoms with Crippen LogP contribution in [-0.4, -0.2) is 50.5 Å². The molecule has 2 aliphatic rings. The Bertz CT molecular complexity index is 843. The van der Waals surface area contributed by atoms with Crippen LogP contribution in [0.1, 0.15) is 52.1 Å². The lowest BCUT2D eigenvalue weighted by Crippen LogP contribution is -2.35. The number of rotatable bonds is 5. The maximum atomic E-state index is 12.9. The molecule has 4 heterocycles. The van der Waals surface area contributed by atoms with Crippen LogP contribution >= 0.6 is 22.9 Å². The zero-order valence-corrected chi connectivity index (χ0v) is 16.7. The van der Waals surface area contributed by atoms with Crippen molar-refractivity contribution in [3.05, 3.63) is 21.1 Å². The number of aryl methyl sites for hydroxylation is 1. The highest BCUT2D eigenvalue weighted by atomic mass is 32.1. The SMILES string of the molecule is CCCc1nnsc1C(=O)N1CCc2nc(NC(=O)C3CCCO3)sc2C1. The molecule has 0 saturated carbocycles. The molecule has 144 valence electrons. The maximum Gasteiger partial charge on any atom is 0.267 e. The first-order valence-corrected chi connectivity index (χ1v) is 10.8. The molecule has 0 spiro atoms. The Kier molecular flexibility index (Phi) is 5.46. The second-order valence-corrected chi connectivity index (χ2v) is 8.49. The van der Waals surface area contributed by atoms with Gasteiger partial charge in [0.2, 0.25) is 0 Å². The van der Waals surface area contributed by atoms with Gasteiger partial charge in [0.1, 0.15) is 11.0 Å². The number of carbonyl (C=O) groups excluding carboxylic acids is 2. The van der Waals surface area contributed by atoms with E-state index in [2.05, 4.69) is 26.8 Å². The Hall–Kier alpha value is -1.91. The van der Waals surface area contributed by atoms with Crippen molar-refractivity contribution in [3.8, 4) is 0 Å². The van der Waals surface area contributed by atoms with Crippen molar-refractivity contribution in [3.63, 3.8) is 0 Å². The lowest BCUT2D eigenvalue weighted by molar-refractivity contribution is -0.124. The number of nitrogens with one attached hydrogen (secondary N) is 1. The summed E-state index contributed by atoms with van der Waals surface area (Å²) in [5, 5.41) is 7.54. The van der Waals surface area contributed by atoms with Crippen LogP contribution in [0.15, 0.2) is 0 Å². The average Bonchev–Trinajstić information content (AvgIpc) is 3.41. The summed E-state index contributed by atoms with van der Waals surface area (Å²) in [4.78, 5) is 33.1. The number of fused-ring (bicyclic) bond motifs is 1. The van der Waals surface area contributed by atoms with Gasteiger partial charge in [0.15, 0.2) is 5.13 Å². The van der Waals surface area contributed by atoms with Crippen LogP contribution in [0, 0.1) is 0 Å². The van der Waals surface area contributed by atoms with Gasteiger partial charge in [0, 0.05) is 24.4 Å². The van der Waals surface area contributed by atoms with Crippen LogP contribution in [0.25, 0.3) is 0 Å². The lowest BCUT2D eigenvalue weighted by Gasteiger charge is -2.25. The van der Waals surface area contributed by atoms with E-state index in [-0.39, 0.29) is 17.9 Å². The molecule has 1 atom stereocenters. The minimum absolute atomic E-state index is 0.0163. The number of carbonyl (C=O) groups is 2. The summed E-state index contributed by atoms with van der Waals surface area (Å²) in [6.07, 6.45) is 3.66. The predicted octanol–water partition coefficient (Wildman–Crippen LogP) is 2.26. The Balaban J connectivity index is 1.43. The van der Waals surface area contributed by atoms with Gasteiger partial charge in [-0.05, 0) is 30.8 Å². The number of hydrogen-bond donors (Lipinski definition) is 1. The molecular formula is C17H21N5O3S2. The molecule has 2 amide bonds. The van der Waals surface area contributed by atoms with Gasteiger partial charge in [0.05, 0.1) is 17.9 Å². The highest BCUT2D eigenvalue weighted by Gasteiger charge is 2.29. The number of anilines is 1. The molecule has 2 aromatic heterocycles. The molecule has 8 nitrogen and oxygen atoms in total. The molecule has 1 fully saturated rings. The van der Waals surface area contributed by atoms with E-state index in [1.54, 1.807) is 0 Å². The fraction of sp³-hybridized carbons (Fsp3) is 0.588. The van der Waals surface area contributed by atoms with Gasteiger partial charge in [-0.2, -0.15) is 0 Å². The zero-order valence-electron chi connectivity index (χ0n) is 15.1. The minimum Gasteiger partial charge on any atom is -0.368 e. The summed E-state index contributed by atoms with van der Waals surface area (Å²) in [5.74, 6) is -0.149. The summed E-state index contributed by atoms with van der Waals surface area (Å²) < 4.78 is 9.36. The van der Waals surface area contributed by atoms with Crippen LogP contribution in [0.4, 0.5) is 5.13 Å². The maximum absolute atomic E-state index is 12.9. The molecule has 0 aliphatic carbocycles. The van der Waals surface area contributed by atoms with Crippen LogP contribution in [0.2, 0.25) is 0 Å². The van der Waals surface area contributed by atoms with Gasteiger partial charge in [-0.15, -0.1) is 5.10 Å². The molecule has 1 unspecified atom stereocenters. The standard InChI is InChI=1S/C17H21N5O3S2/c1-2-4-11-14(27-21-20-11)16(24)22-7-6-10-13(9-22)26-17(18-10)19-15(23)12-5-3-8-25-12/h12H,2-9H2,1H3,(H,18,19,23). The summed E-state index contributed by atoms with van der Waals surface area (Å²) >= 11 is 2.60. The third-order valence-electron chi connectivity index (χ3n) is 4.71. The van der Waals surface area contributed by atoms with E-state index in [9.17, 15) is 9.59 Å². The first-order valence-electron chi connectivity index (χ1n) is 9.17. The highest BCUT2D eigenvalue weighted by Crippen LogP contribution is 2.30. The van der Waals surface area contributed by atoms with Crippen molar-refractivity contribution in [1.82, 2.24) is 19.5 Å². The van der Waals surface area contributed by atoms with Crippen molar-refractivity contribution in [2.75, 3.05) is 18.5 Å². The molecule has 0 radical (unpaired) electrons. The quantitative estimate of drug-likeness (QED) is 0.817. The molecular weight excluding hydrogens is 386 g/mol. The summed E-state index contributed by atoms with van der Waals surface area (Å²) in [6, 6.07) is 0. The van der Waals surface area contributed by atoms with Crippen LogP contribution < -0.4 is 5.32 Å². The molecule has 10 heteroatoms. The van der Waals surface area contributed by atoms with Crippen LogP contribution in [0.5, 0.6) is 0 Å². The van der Waals surface area contributed by atoms with Crippen molar-refractivity contribution in [2.45, 2.75) is 51.7 Å². The number of thiazole rings is 1. The van der Waals surface area contributed by atoms with Gasteiger partial charge >= 0.3 is 0 Å². The number of aromatic nitrogens is 3. The topological polar surface area (TPSA) is 97.3 Å². The number of nitrogens with zero attached hydrogens (tertiary/aromatic N) is 4. The Labute approximate surface area is 165 Å². The Morgan fingerprint density at radius 1 is 1.41 bits per heavy atom. The molecule has 1 N–H and O–H groups in total. The molecule has 0 bridgehead atoms. The number of hydrogen-bond acceptors (Lipinski definition) is 8. The summed E-state index contributed by atoms with van der Waals surface area (Å²) in [6.45, 7) is 3.81. The van der Waals surface area contributed by atoms with Crippen LogP contribution in [-0.2, 0) is 28.9 Å². The first kappa shape index (κ1) is 18.5. The third-order valence-corrected chi connectivity index (χ3v) is 6.46. The van der Waals surface area contributed by atoms with Crippen molar-refractivity contribution in [2.24, 2.45) is 0 Å². The highest BCUT2D eigenvalue weighted by molar-refractivity contribution is 7.15. The second kappa shape index (κ2) is 7.99. The lowest BCUT2D eigenvalue weighted by atomic mass is 10.1. The number of amides is 2. The smallest absolute Gasteiger partial charge is 0.267 e. The first-order chi connectivity index (χ1) is 13.2. The van der Waals surface area contributed by atoms with Crippen molar-refractivity contribution in [1.29, 1.82) is 0 Å². The van der Waals surface area contributed by atoms with Gasteiger partial charge in [-0.25, -0.2) is 4.98 Å². The van der Waals surface area contributed by atoms with Gasteiger partial charge in [-0.1, -0.05) is 29.2 Å². The van der Waals surface area contributed by atoms with E-state index in [1.807, 2.05) is 4.90 Å². The van der Waals surface area contributed by atoms with E-state index in [0.29, 0.717) is 36.1 Å². The summed E-state index contributed by atoms with van der Waals surface area (Å²) in [5.41, 5.74) is 1.75. The van der Waals surface area contributed by atoms with Gasteiger partial charge in [-0.3, -0.25) is 14.9 Å². The number of ether oxygens (including phenoxy) is 1. The van der Waals surface area contributed by atoms with Gasteiger partial charge in [0.25, 0.3) is 11.8 Å². The molecule has 0 aromatic carbocycles. The van der Waals surface area contributed by atoms with E-state index < -0.39 is 0 Å². The molecule has 27 heavy (non-hydrogen) atoms. The molecule has 1 saturated heterocycles. The van der Waals surface area contributed by atoms with Crippen molar-refractivity contribution < 1.29 is 14.3 Å². The molecule has 2 aliphatic heterocycles. The monoisotopic (exact) mass is 407 g/mol. The minimum atomic E-state index is -0.375. The van der Waals surface area contributed by atoms with E-state index >= 15 is 0 Å².